The van der Waals surface area contributed by atoms with E-state index in [2.05, 4.69) is 10.3 Å². The van der Waals surface area contributed by atoms with Gasteiger partial charge in [-0.2, -0.15) is 0 Å². The molecule has 2 aromatic carbocycles. The second kappa shape index (κ2) is 6.72. The maximum absolute atomic E-state index is 12.4. The zero-order valence-corrected chi connectivity index (χ0v) is 14.6. The highest BCUT2D eigenvalue weighted by atomic mass is 32.1. The molecule has 1 atom stereocenters. The van der Waals surface area contributed by atoms with Crippen LogP contribution in [0.3, 0.4) is 0 Å². The summed E-state index contributed by atoms with van der Waals surface area (Å²) in [5.74, 6) is 1.87. The van der Waals surface area contributed by atoms with E-state index in [4.69, 9.17) is 9.47 Å². The minimum absolute atomic E-state index is 0.0594. The molecule has 6 heteroatoms. The summed E-state index contributed by atoms with van der Waals surface area (Å²) in [6, 6.07) is 11.5. The van der Waals surface area contributed by atoms with Crippen molar-refractivity contribution in [3.05, 3.63) is 53.0 Å². The number of fused-ring (bicyclic) bond motifs is 2. The normalized spacial score (nSPS) is 16.1. The van der Waals surface area contributed by atoms with Crippen molar-refractivity contribution >= 4 is 27.5 Å². The second-order valence-electron chi connectivity index (χ2n) is 6.10. The molecule has 0 spiro atoms. The molecule has 3 aromatic rings. The Hall–Kier alpha value is -2.60. The zero-order valence-electron chi connectivity index (χ0n) is 13.8. The molecule has 1 aromatic heterocycles. The van der Waals surface area contributed by atoms with Crippen LogP contribution < -0.4 is 14.8 Å². The van der Waals surface area contributed by atoms with Crippen molar-refractivity contribution in [3.8, 4) is 11.5 Å². The van der Waals surface area contributed by atoms with Gasteiger partial charge < -0.3 is 14.8 Å². The summed E-state index contributed by atoms with van der Waals surface area (Å²) in [7, 11) is 1.65. The summed E-state index contributed by atoms with van der Waals surface area (Å²) in [6.45, 7) is 1.18. The van der Waals surface area contributed by atoms with Crippen molar-refractivity contribution in [3.63, 3.8) is 0 Å². The molecule has 25 heavy (non-hydrogen) atoms. The fourth-order valence-corrected chi connectivity index (χ4v) is 3.73. The van der Waals surface area contributed by atoms with Gasteiger partial charge in [0.05, 0.1) is 29.4 Å². The van der Waals surface area contributed by atoms with Crippen molar-refractivity contribution in [1.29, 1.82) is 0 Å². The molecule has 4 rings (SSSR count). The Morgan fingerprint density at radius 3 is 3.16 bits per heavy atom. The van der Waals surface area contributed by atoms with Crippen LogP contribution in [0.5, 0.6) is 11.5 Å². The van der Waals surface area contributed by atoms with Crippen molar-refractivity contribution in [2.24, 2.45) is 5.92 Å². The summed E-state index contributed by atoms with van der Waals surface area (Å²) in [6.07, 6.45) is 0.882. The van der Waals surface area contributed by atoms with E-state index in [0.717, 1.165) is 33.7 Å². The molecule has 1 amide bonds. The molecule has 2 heterocycles. The Bertz CT molecular complexity index is 922. The van der Waals surface area contributed by atoms with Gasteiger partial charge in [-0.25, -0.2) is 4.98 Å². The smallest absolute Gasteiger partial charge is 0.251 e. The van der Waals surface area contributed by atoms with Gasteiger partial charge in [0.15, 0.2) is 0 Å². The summed E-state index contributed by atoms with van der Waals surface area (Å²) in [4.78, 5) is 16.6. The summed E-state index contributed by atoms with van der Waals surface area (Å²) in [5, 5.41) is 3.02. The minimum atomic E-state index is -0.0594. The average Bonchev–Trinajstić information content (AvgIpc) is 3.13. The lowest BCUT2D eigenvalue weighted by molar-refractivity contribution is 0.0939. The number of hydrogen-bond acceptors (Lipinski definition) is 5. The van der Waals surface area contributed by atoms with Crippen molar-refractivity contribution in [2.75, 3.05) is 20.3 Å². The largest absolute Gasteiger partial charge is 0.497 e. The number of rotatable bonds is 4. The van der Waals surface area contributed by atoms with Crippen LogP contribution in [0.4, 0.5) is 0 Å². The molecule has 0 saturated carbocycles. The number of amides is 1. The highest BCUT2D eigenvalue weighted by molar-refractivity contribution is 7.16. The number of hydrogen-bond donors (Lipinski definition) is 1. The SMILES string of the molecule is COc1ccc2c(c1)OC[C@@H](CNC(=O)c1ccc3ncsc3c1)C2. The van der Waals surface area contributed by atoms with E-state index < -0.39 is 0 Å². The quantitative estimate of drug-likeness (QED) is 0.781. The zero-order chi connectivity index (χ0) is 17.2. The molecule has 1 N–H and O–H groups in total. The first-order valence-electron chi connectivity index (χ1n) is 8.14. The summed E-state index contributed by atoms with van der Waals surface area (Å²) >= 11 is 1.54. The molecule has 0 fully saturated rings. The molecular weight excluding hydrogens is 336 g/mol. The fourth-order valence-electron chi connectivity index (χ4n) is 3.01. The maximum atomic E-state index is 12.4. The summed E-state index contributed by atoms with van der Waals surface area (Å²) < 4.78 is 12.1. The number of benzene rings is 2. The average molecular weight is 354 g/mol. The van der Waals surface area contributed by atoms with Gasteiger partial charge in [-0.15, -0.1) is 11.3 Å². The van der Waals surface area contributed by atoms with Crippen LogP contribution in [0, 0.1) is 5.92 Å². The lowest BCUT2D eigenvalue weighted by Crippen LogP contribution is -2.34. The first-order chi connectivity index (χ1) is 12.2. The molecule has 0 bridgehead atoms. The van der Waals surface area contributed by atoms with Gasteiger partial charge in [-0.3, -0.25) is 4.79 Å². The molecule has 0 aliphatic carbocycles. The van der Waals surface area contributed by atoms with Crippen molar-refractivity contribution in [1.82, 2.24) is 10.3 Å². The van der Waals surface area contributed by atoms with E-state index >= 15 is 0 Å². The second-order valence-corrected chi connectivity index (χ2v) is 6.99. The van der Waals surface area contributed by atoms with Gasteiger partial charge in [0.25, 0.3) is 5.91 Å². The standard InChI is InChI=1S/C19H18N2O3S/c1-23-15-4-2-13-6-12(10-24-17(13)8-15)9-20-19(22)14-3-5-16-18(7-14)25-11-21-16/h2-5,7-8,11-12H,6,9-10H2,1H3,(H,20,22)/t12-/m1/s1. The predicted molar refractivity (Wildman–Crippen MR) is 97.6 cm³/mol. The molecule has 0 radical (unpaired) electrons. The van der Waals surface area contributed by atoms with Crippen LogP contribution in [-0.4, -0.2) is 31.2 Å². The molecule has 1 aliphatic rings. The van der Waals surface area contributed by atoms with Crippen LogP contribution in [0.1, 0.15) is 15.9 Å². The number of nitrogens with one attached hydrogen (secondary N) is 1. The molecule has 1 aliphatic heterocycles. The van der Waals surface area contributed by atoms with Gasteiger partial charge in [0.2, 0.25) is 0 Å². The Labute approximate surface area is 149 Å². The maximum Gasteiger partial charge on any atom is 0.251 e. The lowest BCUT2D eigenvalue weighted by atomic mass is 9.96. The first-order valence-corrected chi connectivity index (χ1v) is 9.02. The Balaban J connectivity index is 1.38. The molecule has 0 unspecified atom stereocenters. The number of methoxy groups -OCH3 is 1. The monoisotopic (exact) mass is 354 g/mol. The molecule has 0 saturated heterocycles. The Morgan fingerprint density at radius 1 is 1.36 bits per heavy atom. The topological polar surface area (TPSA) is 60.5 Å². The van der Waals surface area contributed by atoms with Gasteiger partial charge in [-0.05, 0) is 36.2 Å². The lowest BCUT2D eigenvalue weighted by Gasteiger charge is -2.25. The first kappa shape index (κ1) is 15.9. The Morgan fingerprint density at radius 2 is 2.28 bits per heavy atom. The van der Waals surface area contributed by atoms with E-state index in [0.29, 0.717) is 18.7 Å². The van der Waals surface area contributed by atoms with E-state index in [1.807, 2.05) is 36.4 Å². The third-order valence-corrected chi connectivity index (χ3v) is 5.19. The van der Waals surface area contributed by atoms with Gasteiger partial charge in [0, 0.05) is 24.1 Å². The van der Waals surface area contributed by atoms with E-state index in [1.165, 1.54) is 11.3 Å². The number of carbonyl (C=O) groups excluding carboxylic acids is 1. The minimum Gasteiger partial charge on any atom is -0.497 e. The van der Waals surface area contributed by atoms with Gasteiger partial charge in [0.1, 0.15) is 11.5 Å². The number of thiazole rings is 1. The van der Waals surface area contributed by atoms with Crippen LogP contribution in [0.25, 0.3) is 10.2 Å². The van der Waals surface area contributed by atoms with Crippen molar-refractivity contribution in [2.45, 2.75) is 6.42 Å². The van der Waals surface area contributed by atoms with E-state index in [9.17, 15) is 4.79 Å². The van der Waals surface area contributed by atoms with E-state index in [-0.39, 0.29) is 11.8 Å². The van der Waals surface area contributed by atoms with E-state index in [1.54, 1.807) is 12.6 Å². The molecule has 128 valence electrons. The number of ether oxygens (including phenoxy) is 2. The molecule has 5 nitrogen and oxygen atoms in total. The predicted octanol–water partition coefficient (Wildman–Crippen LogP) is 3.29. The van der Waals surface area contributed by atoms with Crippen molar-refractivity contribution < 1.29 is 14.3 Å². The van der Waals surface area contributed by atoms with Gasteiger partial charge in [-0.1, -0.05) is 6.07 Å². The Kier molecular flexibility index (Phi) is 4.28. The summed E-state index contributed by atoms with van der Waals surface area (Å²) in [5.41, 5.74) is 4.53. The van der Waals surface area contributed by atoms with Crippen LogP contribution in [0.2, 0.25) is 0 Å². The third kappa shape index (κ3) is 3.30. The highest BCUT2D eigenvalue weighted by Crippen LogP contribution is 2.30. The van der Waals surface area contributed by atoms with Gasteiger partial charge >= 0.3 is 0 Å². The van der Waals surface area contributed by atoms with Crippen LogP contribution >= 0.6 is 11.3 Å². The fraction of sp³-hybridized carbons (Fsp3) is 0.263. The third-order valence-electron chi connectivity index (χ3n) is 4.40. The highest BCUT2D eigenvalue weighted by Gasteiger charge is 2.21. The number of nitrogens with zero attached hydrogens (tertiary/aromatic N) is 1. The number of aromatic nitrogens is 1. The number of carbonyl (C=O) groups is 1. The van der Waals surface area contributed by atoms with Crippen LogP contribution in [-0.2, 0) is 6.42 Å². The van der Waals surface area contributed by atoms with Crippen LogP contribution in [0.15, 0.2) is 41.9 Å². The molecular formula is C19H18N2O3S.